The number of carbonyl (C=O) groups excluding carboxylic acids is 2. The van der Waals surface area contributed by atoms with E-state index in [1.165, 1.54) is 25.1 Å². The van der Waals surface area contributed by atoms with Gasteiger partial charge in [-0.15, -0.1) is 0 Å². The molecule has 178 valence electrons. The molecular weight excluding hydrogens is 469 g/mol. The predicted octanol–water partition coefficient (Wildman–Crippen LogP) is 3.64. The van der Waals surface area contributed by atoms with Crippen LogP contribution in [-0.4, -0.2) is 73.2 Å². The molecule has 3 rings (SSSR count). The van der Waals surface area contributed by atoms with Crippen LogP contribution in [0.1, 0.15) is 22.8 Å². The number of phenols is 1. The van der Waals surface area contributed by atoms with E-state index in [0.717, 1.165) is 26.2 Å². The van der Waals surface area contributed by atoms with Crippen molar-refractivity contribution in [3.8, 4) is 11.5 Å². The van der Waals surface area contributed by atoms with Crippen molar-refractivity contribution in [2.24, 2.45) is 0 Å². The number of halogens is 2. The minimum atomic E-state index is -0.564. The van der Waals surface area contributed by atoms with Crippen LogP contribution in [0.4, 0.5) is 5.69 Å². The van der Waals surface area contributed by atoms with E-state index in [0.29, 0.717) is 22.8 Å². The number of benzene rings is 2. The number of piperazine rings is 1. The van der Waals surface area contributed by atoms with Gasteiger partial charge in [0.2, 0.25) is 0 Å². The average molecular weight is 496 g/mol. The van der Waals surface area contributed by atoms with Gasteiger partial charge in [-0.2, -0.15) is 0 Å². The first-order chi connectivity index (χ1) is 15.7. The number of carbonyl (C=O) groups is 2. The number of esters is 2. The van der Waals surface area contributed by atoms with Crippen LogP contribution in [0, 0.1) is 0 Å². The zero-order valence-electron chi connectivity index (χ0n) is 18.6. The van der Waals surface area contributed by atoms with Crippen LogP contribution in [0.2, 0.25) is 10.0 Å². The number of aromatic hydroxyl groups is 1. The van der Waals surface area contributed by atoms with Crippen LogP contribution in [0.25, 0.3) is 0 Å². The summed E-state index contributed by atoms with van der Waals surface area (Å²) in [5, 5.41) is 13.7. The summed E-state index contributed by atoms with van der Waals surface area (Å²) in [7, 11) is 2.08. The molecule has 1 fully saturated rings. The van der Waals surface area contributed by atoms with Gasteiger partial charge in [0.1, 0.15) is 23.7 Å². The maximum absolute atomic E-state index is 12.6. The lowest BCUT2D eigenvalue weighted by molar-refractivity contribution is -0.131. The molecule has 0 spiro atoms. The number of hydrogen-bond acceptors (Lipinski definition) is 8. The average Bonchev–Trinajstić information content (AvgIpc) is 2.76. The summed E-state index contributed by atoms with van der Waals surface area (Å²) in [6.07, 6.45) is 0. The fraction of sp³-hybridized carbons (Fsp3) is 0.391. The number of likely N-dealkylation sites (N-methyl/N-ethyl adjacent to an activating group) is 1. The van der Waals surface area contributed by atoms with E-state index < -0.39 is 11.9 Å². The Morgan fingerprint density at radius 2 is 1.85 bits per heavy atom. The smallest absolute Gasteiger partial charge is 0.341 e. The Morgan fingerprint density at radius 1 is 1.12 bits per heavy atom. The van der Waals surface area contributed by atoms with Crippen molar-refractivity contribution in [2.45, 2.75) is 13.5 Å². The van der Waals surface area contributed by atoms with Gasteiger partial charge >= 0.3 is 11.9 Å². The highest BCUT2D eigenvalue weighted by Gasteiger charge is 2.18. The van der Waals surface area contributed by atoms with Gasteiger partial charge in [-0.05, 0) is 31.3 Å². The number of nitrogens with zero attached hydrogens (tertiary/aromatic N) is 2. The van der Waals surface area contributed by atoms with E-state index in [9.17, 15) is 14.7 Å². The van der Waals surface area contributed by atoms with Crippen molar-refractivity contribution in [1.29, 1.82) is 0 Å². The zero-order valence-corrected chi connectivity index (χ0v) is 20.1. The highest BCUT2D eigenvalue weighted by atomic mass is 35.5. The van der Waals surface area contributed by atoms with Gasteiger partial charge in [0, 0.05) is 68.5 Å². The lowest BCUT2D eigenvalue weighted by atomic mass is 10.1. The molecule has 10 heteroatoms. The number of anilines is 1. The quantitative estimate of drug-likeness (QED) is 0.423. The fourth-order valence-electron chi connectivity index (χ4n) is 3.41. The van der Waals surface area contributed by atoms with Crippen molar-refractivity contribution < 1.29 is 24.2 Å². The summed E-state index contributed by atoms with van der Waals surface area (Å²) in [5.74, 6) is -1.11. The van der Waals surface area contributed by atoms with E-state index in [4.69, 9.17) is 32.7 Å². The second-order valence-electron chi connectivity index (χ2n) is 7.83. The van der Waals surface area contributed by atoms with Crippen molar-refractivity contribution in [2.75, 3.05) is 51.7 Å². The maximum Gasteiger partial charge on any atom is 0.341 e. The Morgan fingerprint density at radius 3 is 2.55 bits per heavy atom. The molecule has 1 saturated heterocycles. The highest BCUT2D eigenvalue weighted by molar-refractivity contribution is 6.35. The molecular formula is C23H27Cl2N3O5. The summed E-state index contributed by atoms with van der Waals surface area (Å²) >= 11 is 12.0. The first-order valence-corrected chi connectivity index (χ1v) is 11.3. The van der Waals surface area contributed by atoms with E-state index in [2.05, 4.69) is 22.2 Å². The Hall–Kier alpha value is -2.52. The summed E-state index contributed by atoms with van der Waals surface area (Å²) in [4.78, 5) is 28.7. The minimum Gasteiger partial charge on any atom is -0.506 e. The Bertz CT molecular complexity index is 1010. The van der Waals surface area contributed by atoms with E-state index in [-0.39, 0.29) is 35.2 Å². The molecule has 0 radical (unpaired) electrons. The lowest BCUT2D eigenvalue weighted by Gasteiger charge is -2.32. The van der Waals surface area contributed by atoms with Gasteiger partial charge in [0.05, 0.1) is 5.02 Å². The summed E-state index contributed by atoms with van der Waals surface area (Å²) in [6, 6.07) is 7.76. The number of ether oxygens (including phenoxy) is 2. The molecule has 0 atom stereocenters. The second-order valence-corrected chi connectivity index (χ2v) is 8.68. The highest BCUT2D eigenvalue weighted by Crippen LogP contribution is 2.32. The standard InChI is InChI=1S/C23H27Cl2N3O5/c1-15(29)33-21-13-18(26-14-16-11-17(24)12-20(25)22(16)30)3-4-19(21)23(31)32-10-9-28-7-5-27(2)6-8-28/h3-4,11-13,26,30H,5-10,14H2,1-2H3. The number of nitrogens with one attached hydrogen (secondary N) is 1. The number of phenolic OH excluding ortho intramolecular Hbond substituents is 1. The first-order valence-electron chi connectivity index (χ1n) is 10.5. The van der Waals surface area contributed by atoms with Crippen molar-refractivity contribution >= 4 is 40.8 Å². The van der Waals surface area contributed by atoms with Crippen molar-refractivity contribution in [3.05, 3.63) is 51.5 Å². The summed E-state index contributed by atoms with van der Waals surface area (Å²) < 4.78 is 10.7. The SMILES string of the molecule is CC(=O)Oc1cc(NCc2cc(Cl)cc(Cl)c2O)ccc1C(=O)OCCN1CCN(C)CC1. The van der Waals surface area contributed by atoms with Crippen molar-refractivity contribution in [1.82, 2.24) is 9.80 Å². The normalized spacial score (nSPS) is 14.7. The monoisotopic (exact) mass is 495 g/mol. The molecule has 0 amide bonds. The molecule has 2 N–H and O–H groups in total. The molecule has 8 nitrogen and oxygen atoms in total. The second kappa shape index (κ2) is 11.6. The topological polar surface area (TPSA) is 91.3 Å². The molecule has 0 unspecified atom stereocenters. The minimum absolute atomic E-state index is 0.0747. The molecule has 0 aliphatic carbocycles. The molecule has 0 aromatic heterocycles. The van der Waals surface area contributed by atoms with Crippen molar-refractivity contribution in [3.63, 3.8) is 0 Å². The molecule has 33 heavy (non-hydrogen) atoms. The van der Waals surface area contributed by atoms with Crippen LogP contribution in [0.3, 0.4) is 0 Å². The van der Waals surface area contributed by atoms with Gasteiger partial charge in [-0.25, -0.2) is 4.79 Å². The Balaban J connectivity index is 1.64. The van der Waals surface area contributed by atoms with Gasteiger partial charge in [-0.3, -0.25) is 9.69 Å². The maximum atomic E-state index is 12.6. The third kappa shape index (κ3) is 7.23. The largest absolute Gasteiger partial charge is 0.506 e. The summed E-state index contributed by atoms with van der Waals surface area (Å²) in [5.41, 5.74) is 1.22. The van der Waals surface area contributed by atoms with Crippen LogP contribution in [-0.2, 0) is 16.1 Å². The molecule has 1 aliphatic heterocycles. The number of rotatable bonds is 8. The molecule has 0 saturated carbocycles. The van der Waals surface area contributed by atoms with Crippen LogP contribution < -0.4 is 10.1 Å². The van der Waals surface area contributed by atoms with Gasteiger partial charge in [-0.1, -0.05) is 23.2 Å². The molecule has 0 bridgehead atoms. The summed E-state index contributed by atoms with van der Waals surface area (Å²) in [6.45, 7) is 6.19. The Labute approximate surface area is 203 Å². The van der Waals surface area contributed by atoms with E-state index in [1.54, 1.807) is 12.1 Å². The molecule has 1 heterocycles. The van der Waals surface area contributed by atoms with Crippen LogP contribution in [0.5, 0.6) is 11.5 Å². The van der Waals surface area contributed by atoms with Crippen LogP contribution >= 0.6 is 23.2 Å². The van der Waals surface area contributed by atoms with Crippen LogP contribution in [0.15, 0.2) is 30.3 Å². The predicted molar refractivity (Wildman–Crippen MR) is 127 cm³/mol. The third-order valence-electron chi connectivity index (χ3n) is 5.28. The first kappa shape index (κ1) is 25.1. The molecule has 2 aromatic rings. The van der Waals surface area contributed by atoms with Gasteiger partial charge in [0.15, 0.2) is 0 Å². The Kier molecular flexibility index (Phi) is 8.80. The molecule has 1 aliphatic rings. The fourth-order valence-corrected chi connectivity index (χ4v) is 3.94. The van der Waals surface area contributed by atoms with E-state index >= 15 is 0 Å². The van der Waals surface area contributed by atoms with Gasteiger partial charge in [0.25, 0.3) is 0 Å². The van der Waals surface area contributed by atoms with Gasteiger partial charge < -0.3 is 24.8 Å². The molecule has 2 aromatic carbocycles. The van der Waals surface area contributed by atoms with E-state index in [1.807, 2.05) is 0 Å². The lowest BCUT2D eigenvalue weighted by Crippen LogP contribution is -2.45. The zero-order chi connectivity index (χ0) is 24.0. The number of hydrogen-bond donors (Lipinski definition) is 2. The third-order valence-corrected chi connectivity index (χ3v) is 5.79.